The van der Waals surface area contributed by atoms with E-state index in [0.29, 0.717) is 40.0 Å². The highest BCUT2D eigenvalue weighted by Crippen LogP contribution is 2.36. The molecule has 1 N–H and O–H groups in total. The number of carbonyl (C=O) groups is 1. The van der Waals surface area contributed by atoms with Crippen molar-refractivity contribution in [2.75, 3.05) is 20.8 Å². The third kappa shape index (κ3) is 5.13. The van der Waals surface area contributed by atoms with E-state index in [9.17, 15) is 4.79 Å². The number of benzene rings is 2. The van der Waals surface area contributed by atoms with Crippen LogP contribution in [0.2, 0.25) is 5.02 Å². The lowest BCUT2D eigenvalue weighted by Gasteiger charge is -2.12. The third-order valence-electron chi connectivity index (χ3n) is 3.43. The largest absolute Gasteiger partial charge is 0.497 e. The second-order valence-electron chi connectivity index (χ2n) is 5.31. The minimum absolute atomic E-state index is 0.329. The van der Waals surface area contributed by atoms with Crippen molar-refractivity contribution >= 4 is 23.7 Å². The number of methoxy groups -OCH3 is 2. The molecule has 0 spiro atoms. The number of hydrogen-bond acceptors (Lipinski definition) is 5. The predicted octanol–water partition coefficient (Wildman–Crippen LogP) is 3.91. The quantitative estimate of drug-likeness (QED) is 0.560. The van der Waals surface area contributed by atoms with Gasteiger partial charge in [0.1, 0.15) is 5.75 Å². The van der Waals surface area contributed by atoms with Gasteiger partial charge in [-0.25, -0.2) is 5.43 Å². The van der Waals surface area contributed by atoms with Crippen molar-refractivity contribution in [2.45, 2.75) is 13.3 Å². The molecule has 1 amide bonds. The van der Waals surface area contributed by atoms with E-state index in [1.807, 2.05) is 6.92 Å². The van der Waals surface area contributed by atoms with Gasteiger partial charge in [0.05, 0.1) is 32.1 Å². The molecular weight excluding hydrogens is 356 g/mol. The fourth-order valence-corrected chi connectivity index (χ4v) is 2.40. The van der Waals surface area contributed by atoms with E-state index in [0.717, 1.165) is 6.42 Å². The van der Waals surface area contributed by atoms with Gasteiger partial charge in [0.2, 0.25) is 0 Å². The molecule has 0 aliphatic rings. The van der Waals surface area contributed by atoms with E-state index < -0.39 is 0 Å². The zero-order chi connectivity index (χ0) is 18.9. The lowest BCUT2D eigenvalue weighted by molar-refractivity contribution is 0.0955. The third-order valence-corrected chi connectivity index (χ3v) is 3.71. The Morgan fingerprint density at radius 3 is 2.54 bits per heavy atom. The summed E-state index contributed by atoms with van der Waals surface area (Å²) < 4.78 is 16.0. The average molecular weight is 377 g/mol. The molecule has 0 saturated carbocycles. The van der Waals surface area contributed by atoms with Crippen LogP contribution in [0.4, 0.5) is 0 Å². The molecule has 0 radical (unpaired) electrons. The minimum atomic E-state index is -0.329. The second kappa shape index (κ2) is 9.68. The predicted molar refractivity (Wildman–Crippen MR) is 102 cm³/mol. The summed E-state index contributed by atoms with van der Waals surface area (Å²) in [5.41, 5.74) is 3.61. The number of nitrogens with zero attached hydrogens (tertiary/aromatic N) is 1. The molecule has 6 nitrogen and oxygen atoms in total. The van der Waals surface area contributed by atoms with Crippen LogP contribution in [0.1, 0.15) is 29.3 Å². The van der Waals surface area contributed by atoms with E-state index in [4.69, 9.17) is 25.8 Å². The Labute approximate surface area is 157 Å². The summed E-state index contributed by atoms with van der Waals surface area (Å²) in [4.78, 5) is 12.1. The Morgan fingerprint density at radius 2 is 1.92 bits per heavy atom. The monoisotopic (exact) mass is 376 g/mol. The summed E-state index contributed by atoms with van der Waals surface area (Å²) in [5, 5.41) is 4.38. The summed E-state index contributed by atoms with van der Waals surface area (Å²) in [5.74, 6) is 1.35. The van der Waals surface area contributed by atoms with Crippen molar-refractivity contribution in [1.29, 1.82) is 0 Å². The normalized spacial score (nSPS) is 10.6. The molecule has 0 aliphatic carbocycles. The number of hydrogen-bond donors (Lipinski definition) is 1. The Balaban J connectivity index is 2.07. The first-order valence-corrected chi connectivity index (χ1v) is 8.44. The van der Waals surface area contributed by atoms with Crippen LogP contribution in [-0.2, 0) is 0 Å². The van der Waals surface area contributed by atoms with Crippen LogP contribution in [-0.4, -0.2) is 32.9 Å². The number of halogens is 1. The summed E-state index contributed by atoms with van der Waals surface area (Å²) in [6.07, 6.45) is 2.35. The Kier molecular flexibility index (Phi) is 7.29. The Bertz CT molecular complexity index is 776. The zero-order valence-corrected chi connectivity index (χ0v) is 15.7. The van der Waals surface area contributed by atoms with Crippen molar-refractivity contribution < 1.29 is 19.0 Å². The number of hydrazone groups is 1. The van der Waals surface area contributed by atoms with Crippen LogP contribution in [0.15, 0.2) is 41.5 Å². The smallest absolute Gasteiger partial charge is 0.271 e. The van der Waals surface area contributed by atoms with Gasteiger partial charge in [-0.2, -0.15) is 5.10 Å². The van der Waals surface area contributed by atoms with E-state index in [-0.39, 0.29) is 5.91 Å². The lowest BCUT2D eigenvalue weighted by atomic mass is 10.2. The SMILES string of the molecule is CCCOc1c(Cl)cc(/C=N\NC(=O)c2ccc(OC)cc2)cc1OC. The second-order valence-corrected chi connectivity index (χ2v) is 5.72. The van der Waals surface area contributed by atoms with Crippen LogP contribution < -0.4 is 19.6 Å². The van der Waals surface area contributed by atoms with Crippen molar-refractivity contribution in [2.24, 2.45) is 5.10 Å². The van der Waals surface area contributed by atoms with Crippen LogP contribution in [0.25, 0.3) is 0 Å². The number of amides is 1. The topological polar surface area (TPSA) is 69.2 Å². The molecule has 0 heterocycles. The molecule has 0 bridgehead atoms. The van der Waals surface area contributed by atoms with Crippen molar-refractivity contribution in [3.05, 3.63) is 52.5 Å². The molecule has 0 fully saturated rings. The van der Waals surface area contributed by atoms with Gasteiger partial charge in [0, 0.05) is 5.56 Å². The average Bonchev–Trinajstić information content (AvgIpc) is 2.66. The highest BCUT2D eigenvalue weighted by Gasteiger charge is 2.11. The van der Waals surface area contributed by atoms with Gasteiger partial charge >= 0.3 is 0 Å². The molecule has 2 aromatic rings. The molecule has 0 unspecified atom stereocenters. The first-order chi connectivity index (χ1) is 12.6. The van der Waals surface area contributed by atoms with Crippen molar-refractivity contribution in [1.82, 2.24) is 5.43 Å². The molecule has 138 valence electrons. The molecule has 7 heteroatoms. The van der Waals surface area contributed by atoms with Gasteiger partial charge in [-0.3, -0.25) is 4.79 Å². The number of nitrogens with one attached hydrogen (secondary N) is 1. The molecule has 2 rings (SSSR count). The van der Waals surface area contributed by atoms with Gasteiger partial charge in [-0.1, -0.05) is 18.5 Å². The van der Waals surface area contributed by atoms with Crippen LogP contribution in [0, 0.1) is 0 Å². The molecular formula is C19H21ClN2O4. The standard InChI is InChI=1S/C19H21ClN2O4/c1-4-9-26-18-16(20)10-13(11-17(18)25-3)12-21-22-19(23)14-5-7-15(24-2)8-6-14/h5-8,10-12H,4,9H2,1-3H3,(H,22,23)/b21-12-. The summed E-state index contributed by atoms with van der Waals surface area (Å²) >= 11 is 6.25. The first-order valence-electron chi connectivity index (χ1n) is 8.06. The minimum Gasteiger partial charge on any atom is -0.497 e. The fraction of sp³-hybridized carbons (Fsp3) is 0.263. The molecule has 0 aromatic heterocycles. The van der Waals surface area contributed by atoms with E-state index in [1.165, 1.54) is 13.3 Å². The van der Waals surface area contributed by atoms with Gasteiger partial charge in [0.25, 0.3) is 5.91 Å². The number of rotatable bonds is 8. The zero-order valence-electron chi connectivity index (χ0n) is 14.9. The van der Waals surface area contributed by atoms with E-state index >= 15 is 0 Å². The Morgan fingerprint density at radius 1 is 1.19 bits per heavy atom. The Hall–Kier alpha value is -2.73. The molecule has 26 heavy (non-hydrogen) atoms. The highest BCUT2D eigenvalue weighted by molar-refractivity contribution is 6.32. The van der Waals surface area contributed by atoms with Crippen molar-refractivity contribution in [3.8, 4) is 17.2 Å². The highest BCUT2D eigenvalue weighted by atomic mass is 35.5. The van der Waals surface area contributed by atoms with E-state index in [2.05, 4.69) is 10.5 Å². The maximum atomic E-state index is 12.1. The first kappa shape index (κ1) is 19.6. The molecule has 0 atom stereocenters. The lowest BCUT2D eigenvalue weighted by Crippen LogP contribution is -2.17. The summed E-state index contributed by atoms with van der Waals surface area (Å²) in [7, 11) is 3.11. The van der Waals surface area contributed by atoms with Crippen LogP contribution in [0.3, 0.4) is 0 Å². The van der Waals surface area contributed by atoms with Gasteiger partial charge < -0.3 is 14.2 Å². The van der Waals surface area contributed by atoms with E-state index in [1.54, 1.807) is 43.5 Å². The maximum absolute atomic E-state index is 12.1. The fourth-order valence-electron chi connectivity index (χ4n) is 2.13. The number of ether oxygens (including phenoxy) is 3. The summed E-state index contributed by atoms with van der Waals surface area (Å²) in [6, 6.07) is 10.2. The molecule has 0 aliphatic heterocycles. The van der Waals surface area contributed by atoms with Crippen LogP contribution >= 0.6 is 11.6 Å². The maximum Gasteiger partial charge on any atom is 0.271 e. The van der Waals surface area contributed by atoms with Gasteiger partial charge in [-0.15, -0.1) is 0 Å². The van der Waals surface area contributed by atoms with Crippen LogP contribution in [0.5, 0.6) is 17.2 Å². The molecule has 0 saturated heterocycles. The number of carbonyl (C=O) groups excluding carboxylic acids is 1. The molecule has 2 aromatic carbocycles. The van der Waals surface area contributed by atoms with Gasteiger partial charge in [0.15, 0.2) is 11.5 Å². The van der Waals surface area contributed by atoms with Gasteiger partial charge in [-0.05, 0) is 48.4 Å². The van der Waals surface area contributed by atoms with Crippen molar-refractivity contribution in [3.63, 3.8) is 0 Å². The summed E-state index contributed by atoms with van der Waals surface area (Å²) in [6.45, 7) is 2.55.